The summed E-state index contributed by atoms with van der Waals surface area (Å²) in [6.07, 6.45) is 10.4. The highest BCUT2D eigenvalue weighted by Crippen LogP contribution is 2.16. The molecule has 1 N–H and O–H groups in total. The second kappa shape index (κ2) is 9.44. The van der Waals surface area contributed by atoms with E-state index in [1.807, 2.05) is 6.08 Å². The van der Waals surface area contributed by atoms with Gasteiger partial charge < -0.3 is 5.11 Å². The second-order valence-electron chi connectivity index (χ2n) is 4.87. The summed E-state index contributed by atoms with van der Waals surface area (Å²) in [6.45, 7) is 6.33. The van der Waals surface area contributed by atoms with Gasteiger partial charge in [0, 0.05) is 0 Å². The molecular formula is C14H26O2. The van der Waals surface area contributed by atoms with E-state index in [1.54, 1.807) is 0 Å². The lowest BCUT2D eigenvalue weighted by Gasteiger charge is -2.12. The Balaban J connectivity index is 3.79. The third-order valence-electron chi connectivity index (χ3n) is 2.67. The minimum Gasteiger partial charge on any atom is -0.481 e. The highest BCUT2D eigenvalue weighted by atomic mass is 16.4. The van der Waals surface area contributed by atoms with Crippen molar-refractivity contribution in [1.29, 1.82) is 0 Å². The summed E-state index contributed by atoms with van der Waals surface area (Å²) in [7, 11) is 0. The Labute approximate surface area is 99.7 Å². The number of hydrogen-bond acceptors (Lipinski definition) is 1. The molecule has 0 bridgehead atoms. The third-order valence-corrected chi connectivity index (χ3v) is 2.67. The molecule has 0 radical (unpaired) electrons. The lowest BCUT2D eigenvalue weighted by molar-refractivity contribution is -0.142. The van der Waals surface area contributed by atoms with Gasteiger partial charge in [0.2, 0.25) is 0 Å². The molecule has 1 unspecified atom stereocenters. The van der Waals surface area contributed by atoms with Crippen LogP contribution in [0, 0.1) is 11.8 Å². The molecule has 0 aliphatic heterocycles. The maximum absolute atomic E-state index is 11.0. The van der Waals surface area contributed by atoms with Gasteiger partial charge in [-0.2, -0.15) is 0 Å². The van der Waals surface area contributed by atoms with Gasteiger partial charge >= 0.3 is 5.97 Å². The fourth-order valence-electron chi connectivity index (χ4n) is 1.76. The summed E-state index contributed by atoms with van der Waals surface area (Å²) in [6, 6.07) is 0. The third kappa shape index (κ3) is 8.51. The Morgan fingerprint density at radius 3 is 2.44 bits per heavy atom. The van der Waals surface area contributed by atoms with Crippen molar-refractivity contribution in [2.45, 2.75) is 59.3 Å². The van der Waals surface area contributed by atoms with E-state index in [-0.39, 0.29) is 5.92 Å². The minimum atomic E-state index is -0.660. The second-order valence-corrected chi connectivity index (χ2v) is 4.87. The van der Waals surface area contributed by atoms with E-state index < -0.39 is 5.97 Å². The highest BCUT2D eigenvalue weighted by Gasteiger charge is 2.16. The predicted molar refractivity (Wildman–Crippen MR) is 68.5 cm³/mol. The molecule has 0 saturated carbocycles. The number of carboxylic acids is 1. The maximum Gasteiger partial charge on any atom is 0.306 e. The van der Waals surface area contributed by atoms with Crippen LogP contribution in [0.5, 0.6) is 0 Å². The van der Waals surface area contributed by atoms with Crippen molar-refractivity contribution in [3.8, 4) is 0 Å². The SMILES string of the molecule is CCCCC/C=C/CC(CC(C)C)C(=O)O. The van der Waals surface area contributed by atoms with E-state index in [2.05, 4.69) is 26.8 Å². The summed E-state index contributed by atoms with van der Waals surface area (Å²) in [5, 5.41) is 9.03. The molecule has 0 rings (SSSR count). The first-order valence-electron chi connectivity index (χ1n) is 6.45. The van der Waals surface area contributed by atoms with E-state index in [4.69, 9.17) is 5.11 Å². The van der Waals surface area contributed by atoms with Gasteiger partial charge in [0.15, 0.2) is 0 Å². The average molecular weight is 226 g/mol. The zero-order valence-corrected chi connectivity index (χ0v) is 10.9. The average Bonchev–Trinajstić information content (AvgIpc) is 2.20. The van der Waals surface area contributed by atoms with E-state index in [9.17, 15) is 4.79 Å². The number of rotatable bonds is 9. The van der Waals surface area contributed by atoms with Crippen molar-refractivity contribution in [3.63, 3.8) is 0 Å². The van der Waals surface area contributed by atoms with Gasteiger partial charge in [0.05, 0.1) is 5.92 Å². The monoisotopic (exact) mass is 226 g/mol. The standard InChI is InChI=1S/C14H26O2/c1-4-5-6-7-8-9-10-13(14(15)16)11-12(2)3/h8-9,12-13H,4-7,10-11H2,1-3H3,(H,15,16)/b9-8+. The van der Waals surface area contributed by atoms with Gasteiger partial charge in [-0.15, -0.1) is 0 Å². The Morgan fingerprint density at radius 2 is 1.94 bits per heavy atom. The van der Waals surface area contributed by atoms with Crippen LogP contribution in [0.15, 0.2) is 12.2 Å². The highest BCUT2D eigenvalue weighted by molar-refractivity contribution is 5.70. The molecule has 0 saturated heterocycles. The van der Waals surface area contributed by atoms with Gasteiger partial charge in [-0.05, 0) is 31.6 Å². The van der Waals surface area contributed by atoms with Crippen LogP contribution in [0.4, 0.5) is 0 Å². The van der Waals surface area contributed by atoms with Gasteiger partial charge in [-0.3, -0.25) is 4.79 Å². The molecule has 0 aromatic carbocycles. The molecular weight excluding hydrogens is 200 g/mol. The van der Waals surface area contributed by atoms with Crippen molar-refractivity contribution in [3.05, 3.63) is 12.2 Å². The first-order valence-corrected chi connectivity index (χ1v) is 6.45. The predicted octanol–water partition coefficient (Wildman–Crippen LogP) is 4.26. The minimum absolute atomic E-state index is 0.206. The van der Waals surface area contributed by atoms with Crippen LogP contribution in [0.1, 0.15) is 59.3 Å². The topological polar surface area (TPSA) is 37.3 Å². The zero-order valence-electron chi connectivity index (χ0n) is 10.9. The van der Waals surface area contributed by atoms with Gasteiger partial charge in [0.25, 0.3) is 0 Å². The quantitative estimate of drug-likeness (QED) is 0.471. The Morgan fingerprint density at radius 1 is 1.25 bits per heavy atom. The summed E-state index contributed by atoms with van der Waals surface area (Å²) in [5.41, 5.74) is 0. The molecule has 1 atom stereocenters. The van der Waals surface area contributed by atoms with Crippen molar-refractivity contribution in [2.75, 3.05) is 0 Å². The number of carbonyl (C=O) groups is 1. The molecule has 2 nitrogen and oxygen atoms in total. The number of aliphatic carboxylic acids is 1. The zero-order chi connectivity index (χ0) is 12.4. The molecule has 0 aliphatic carbocycles. The van der Waals surface area contributed by atoms with Gasteiger partial charge in [-0.25, -0.2) is 0 Å². The van der Waals surface area contributed by atoms with Crippen LogP contribution >= 0.6 is 0 Å². The molecule has 94 valence electrons. The van der Waals surface area contributed by atoms with E-state index >= 15 is 0 Å². The molecule has 0 aliphatic rings. The van der Waals surface area contributed by atoms with Crippen LogP contribution in [0.2, 0.25) is 0 Å². The lowest BCUT2D eigenvalue weighted by Crippen LogP contribution is -2.15. The molecule has 16 heavy (non-hydrogen) atoms. The van der Waals surface area contributed by atoms with E-state index in [0.29, 0.717) is 12.3 Å². The number of carboxylic acid groups (broad SMARTS) is 1. The van der Waals surface area contributed by atoms with E-state index in [0.717, 1.165) is 12.8 Å². The molecule has 0 heterocycles. The Kier molecular flexibility index (Phi) is 8.97. The van der Waals surface area contributed by atoms with Crippen LogP contribution < -0.4 is 0 Å². The lowest BCUT2D eigenvalue weighted by atomic mass is 9.94. The summed E-state index contributed by atoms with van der Waals surface area (Å²) in [5.74, 6) is -0.413. The largest absolute Gasteiger partial charge is 0.481 e. The Bertz CT molecular complexity index is 207. The van der Waals surface area contributed by atoms with Gasteiger partial charge in [0.1, 0.15) is 0 Å². The summed E-state index contributed by atoms with van der Waals surface area (Å²) < 4.78 is 0. The Hall–Kier alpha value is -0.790. The fraction of sp³-hybridized carbons (Fsp3) is 0.786. The molecule has 0 spiro atoms. The smallest absolute Gasteiger partial charge is 0.306 e. The first-order chi connectivity index (χ1) is 7.57. The summed E-state index contributed by atoms with van der Waals surface area (Å²) in [4.78, 5) is 11.0. The number of unbranched alkanes of at least 4 members (excludes halogenated alkanes) is 3. The molecule has 2 heteroatoms. The first kappa shape index (κ1) is 15.2. The van der Waals surface area contributed by atoms with E-state index in [1.165, 1.54) is 19.3 Å². The fourth-order valence-corrected chi connectivity index (χ4v) is 1.76. The van der Waals surface area contributed by atoms with Crippen molar-refractivity contribution in [2.24, 2.45) is 11.8 Å². The van der Waals surface area contributed by atoms with Gasteiger partial charge in [-0.1, -0.05) is 45.8 Å². The van der Waals surface area contributed by atoms with Crippen molar-refractivity contribution in [1.82, 2.24) is 0 Å². The van der Waals surface area contributed by atoms with Crippen molar-refractivity contribution < 1.29 is 9.90 Å². The summed E-state index contributed by atoms with van der Waals surface area (Å²) >= 11 is 0. The van der Waals surface area contributed by atoms with Crippen LogP contribution in [0.3, 0.4) is 0 Å². The van der Waals surface area contributed by atoms with Crippen LogP contribution in [-0.2, 0) is 4.79 Å². The molecule has 0 aromatic rings. The molecule has 0 aromatic heterocycles. The normalized spacial score (nSPS) is 13.5. The molecule has 0 amide bonds. The van der Waals surface area contributed by atoms with Crippen molar-refractivity contribution >= 4 is 5.97 Å². The van der Waals surface area contributed by atoms with Crippen LogP contribution in [-0.4, -0.2) is 11.1 Å². The molecule has 0 fully saturated rings. The maximum atomic E-state index is 11.0. The number of hydrogen-bond donors (Lipinski definition) is 1. The van der Waals surface area contributed by atoms with Crippen LogP contribution in [0.25, 0.3) is 0 Å². The number of allylic oxidation sites excluding steroid dienone is 2.